The van der Waals surface area contributed by atoms with Gasteiger partial charge in [-0.3, -0.25) is 4.79 Å². The third-order valence-corrected chi connectivity index (χ3v) is 7.27. The Morgan fingerprint density at radius 1 is 0.868 bits per heavy atom. The summed E-state index contributed by atoms with van der Waals surface area (Å²) in [5, 5.41) is 5.99. The molecule has 0 saturated carbocycles. The van der Waals surface area contributed by atoms with Crippen LogP contribution >= 0.6 is 0 Å². The molecule has 38 heavy (non-hydrogen) atoms. The van der Waals surface area contributed by atoms with Crippen molar-refractivity contribution in [3.63, 3.8) is 0 Å². The molecule has 5 heteroatoms. The average Bonchev–Trinajstić information content (AvgIpc) is 2.97. The van der Waals surface area contributed by atoms with Crippen LogP contribution in [0.1, 0.15) is 34.6 Å². The number of fused-ring (bicyclic) bond motifs is 1. The van der Waals surface area contributed by atoms with Gasteiger partial charge in [0.15, 0.2) is 0 Å². The predicted molar refractivity (Wildman–Crippen MR) is 151 cm³/mol. The van der Waals surface area contributed by atoms with Gasteiger partial charge in [0.1, 0.15) is 5.75 Å². The topological polar surface area (TPSA) is 56.8 Å². The van der Waals surface area contributed by atoms with E-state index in [2.05, 4.69) is 72.0 Å². The molecule has 1 saturated heterocycles. The van der Waals surface area contributed by atoms with Crippen LogP contribution in [0.25, 0.3) is 10.8 Å². The van der Waals surface area contributed by atoms with Crippen LogP contribution in [0.5, 0.6) is 5.75 Å². The Hall–Kier alpha value is -3.67. The predicted octanol–water partition coefficient (Wildman–Crippen LogP) is 5.84. The molecule has 0 radical (unpaired) electrons. The summed E-state index contributed by atoms with van der Waals surface area (Å²) in [5.41, 5.74) is 4.58. The minimum atomic E-state index is -0.215. The molecule has 1 heterocycles. The molecular weight excluding hydrogens is 474 g/mol. The van der Waals surface area contributed by atoms with Crippen molar-refractivity contribution in [1.82, 2.24) is 5.32 Å². The second-order valence-corrected chi connectivity index (χ2v) is 9.87. The zero-order valence-corrected chi connectivity index (χ0v) is 21.9. The zero-order chi connectivity index (χ0) is 26.2. The van der Waals surface area contributed by atoms with Crippen LogP contribution < -0.4 is 10.1 Å². The Bertz CT molecular complexity index is 1330. The summed E-state index contributed by atoms with van der Waals surface area (Å²) in [6.07, 6.45) is 2.13. The molecule has 1 fully saturated rings. The highest BCUT2D eigenvalue weighted by Gasteiger charge is 2.27. The first kappa shape index (κ1) is 26.0. The van der Waals surface area contributed by atoms with Gasteiger partial charge < -0.3 is 19.5 Å². The first-order valence-electron chi connectivity index (χ1n) is 13.4. The number of benzene rings is 4. The molecule has 196 valence electrons. The van der Waals surface area contributed by atoms with Crippen molar-refractivity contribution in [2.24, 2.45) is 0 Å². The lowest BCUT2D eigenvalue weighted by atomic mass is 9.87. The maximum Gasteiger partial charge on any atom is 0.310 e. The number of carbonyl (C=O) groups is 1. The molecule has 1 aliphatic heterocycles. The van der Waals surface area contributed by atoms with Crippen molar-refractivity contribution in [1.29, 1.82) is 0 Å². The molecule has 4 aromatic rings. The van der Waals surface area contributed by atoms with E-state index in [9.17, 15) is 4.79 Å². The number of nitrogens with one attached hydrogen (secondary N) is 1. The van der Waals surface area contributed by atoms with Gasteiger partial charge in [-0.15, -0.1) is 0 Å². The Morgan fingerprint density at radius 3 is 2.39 bits per heavy atom. The molecule has 0 aliphatic carbocycles. The van der Waals surface area contributed by atoms with Crippen LogP contribution in [0.2, 0.25) is 0 Å². The van der Waals surface area contributed by atoms with E-state index in [1.165, 1.54) is 21.9 Å². The third-order valence-electron chi connectivity index (χ3n) is 7.27. The molecule has 0 spiro atoms. The van der Waals surface area contributed by atoms with Gasteiger partial charge in [-0.25, -0.2) is 0 Å². The summed E-state index contributed by atoms with van der Waals surface area (Å²) in [6.45, 7) is 2.82. The van der Waals surface area contributed by atoms with Gasteiger partial charge in [0, 0.05) is 18.9 Å². The first-order chi connectivity index (χ1) is 18.7. The smallest absolute Gasteiger partial charge is 0.310 e. The van der Waals surface area contributed by atoms with Crippen LogP contribution in [0, 0.1) is 0 Å². The SMILES string of the molecule is COc1ccc(CC(=O)OCCc2ccc(C3CCNCC3OCc3ccc4ccccc4c3)cc2)cc1. The summed E-state index contributed by atoms with van der Waals surface area (Å²) >= 11 is 0. The summed E-state index contributed by atoms with van der Waals surface area (Å²) in [7, 11) is 1.63. The van der Waals surface area contributed by atoms with Gasteiger partial charge in [-0.05, 0) is 64.2 Å². The van der Waals surface area contributed by atoms with E-state index in [-0.39, 0.29) is 18.5 Å². The molecule has 5 rings (SSSR count). The third kappa shape index (κ3) is 6.80. The molecule has 0 amide bonds. The summed E-state index contributed by atoms with van der Waals surface area (Å²) in [5.74, 6) is 0.916. The molecule has 5 nitrogen and oxygen atoms in total. The molecule has 2 unspecified atom stereocenters. The minimum Gasteiger partial charge on any atom is -0.497 e. The fourth-order valence-electron chi connectivity index (χ4n) is 5.09. The second-order valence-electron chi connectivity index (χ2n) is 9.87. The van der Waals surface area contributed by atoms with Gasteiger partial charge in [0.2, 0.25) is 0 Å². The van der Waals surface area contributed by atoms with E-state index in [1.54, 1.807) is 7.11 Å². The number of hydrogen-bond donors (Lipinski definition) is 1. The standard InChI is InChI=1S/C33H35NO4/c1-36-30-14-9-25(10-15-30)21-33(35)37-19-17-24-6-12-28(13-7-24)31-16-18-34-22-32(31)38-23-26-8-11-27-4-2-3-5-29(27)20-26/h2-15,20,31-32,34H,16-19,21-23H2,1H3. The molecule has 1 N–H and O–H groups in total. The van der Waals surface area contributed by atoms with Crippen molar-refractivity contribution in [2.75, 3.05) is 26.8 Å². The second kappa shape index (κ2) is 12.7. The van der Waals surface area contributed by atoms with Crippen molar-refractivity contribution >= 4 is 16.7 Å². The van der Waals surface area contributed by atoms with Crippen molar-refractivity contribution in [2.45, 2.75) is 37.9 Å². The van der Waals surface area contributed by atoms with Crippen LogP contribution in [0.4, 0.5) is 0 Å². The van der Waals surface area contributed by atoms with Crippen LogP contribution in [0.3, 0.4) is 0 Å². The summed E-state index contributed by atoms with van der Waals surface area (Å²) in [6, 6.07) is 31.2. The Labute approximate surface area is 224 Å². The van der Waals surface area contributed by atoms with Crippen molar-refractivity contribution in [3.05, 3.63) is 113 Å². The van der Waals surface area contributed by atoms with Gasteiger partial charge in [-0.2, -0.15) is 0 Å². The van der Waals surface area contributed by atoms with Gasteiger partial charge in [0.05, 0.1) is 32.8 Å². The lowest BCUT2D eigenvalue weighted by Crippen LogP contribution is -2.40. The monoisotopic (exact) mass is 509 g/mol. The summed E-state index contributed by atoms with van der Waals surface area (Å²) in [4.78, 5) is 12.2. The quantitative estimate of drug-likeness (QED) is 0.272. The highest BCUT2D eigenvalue weighted by molar-refractivity contribution is 5.82. The normalized spacial score (nSPS) is 17.3. The number of esters is 1. The zero-order valence-electron chi connectivity index (χ0n) is 21.9. The summed E-state index contributed by atoms with van der Waals surface area (Å²) < 4.78 is 17.1. The molecule has 0 aromatic heterocycles. The van der Waals surface area contributed by atoms with Crippen molar-refractivity contribution in [3.8, 4) is 5.75 Å². The number of piperidine rings is 1. The average molecular weight is 510 g/mol. The van der Waals surface area contributed by atoms with E-state index in [0.717, 1.165) is 36.4 Å². The fraction of sp³-hybridized carbons (Fsp3) is 0.303. The number of carbonyl (C=O) groups excluding carboxylic acids is 1. The lowest BCUT2D eigenvalue weighted by Gasteiger charge is -2.32. The number of rotatable bonds is 10. The Kier molecular flexibility index (Phi) is 8.69. The Balaban J connectivity index is 1.11. The maximum absolute atomic E-state index is 12.2. The number of ether oxygens (including phenoxy) is 3. The van der Waals surface area contributed by atoms with Gasteiger partial charge in [0.25, 0.3) is 0 Å². The van der Waals surface area contributed by atoms with E-state index in [1.807, 2.05) is 24.3 Å². The molecule has 1 aliphatic rings. The minimum absolute atomic E-state index is 0.125. The van der Waals surface area contributed by atoms with Crippen molar-refractivity contribution < 1.29 is 19.0 Å². The Morgan fingerprint density at radius 2 is 1.61 bits per heavy atom. The van der Waals surface area contributed by atoms with E-state index in [4.69, 9.17) is 14.2 Å². The van der Waals surface area contributed by atoms with Crippen LogP contribution in [-0.4, -0.2) is 38.9 Å². The largest absolute Gasteiger partial charge is 0.497 e. The highest BCUT2D eigenvalue weighted by atomic mass is 16.5. The lowest BCUT2D eigenvalue weighted by molar-refractivity contribution is -0.142. The van der Waals surface area contributed by atoms with E-state index >= 15 is 0 Å². The van der Waals surface area contributed by atoms with Gasteiger partial charge in [-0.1, -0.05) is 72.8 Å². The molecule has 0 bridgehead atoms. The fourth-order valence-corrected chi connectivity index (χ4v) is 5.09. The molecular formula is C33H35NO4. The molecule has 4 aromatic carbocycles. The van der Waals surface area contributed by atoms with Gasteiger partial charge >= 0.3 is 5.97 Å². The number of methoxy groups -OCH3 is 1. The van der Waals surface area contributed by atoms with Crippen LogP contribution in [-0.2, 0) is 33.7 Å². The van der Waals surface area contributed by atoms with E-state index in [0.29, 0.717) is 25.6 Å². The van der Waals surface area contributed by atoms with E-state index < -0.39 is 0 Å². The number of hydrogen-bond acceptors (Lipinski definition) is 5. The first-order valence-corrected chi connectivity index (χ1v) is 13.4. The molecule has 2 atom stereocenters. The highest BCUT2D eigenvalue weighted by Crippen LogP contribution is 2.29. The van der Waals surface area contributed by atoms with Crippen LogP contribution in [0.15, 0.2) is 91.0 Å². The maximum atomic E-state index is 12.2.